The summed E-state index contributed by atoms with van der Waals surface area (Å²) in [6.45, 7) is 12.8. The predicted octanol–water partition coefficient (Wildman–Crippen LogP) is 4.81. The first-order valence-corrected chi connectivity index (χ1v) is 10.9. The average molecular weight is 407 g/mol. The van der Waals surface area contributed by atoms with E-state index in [0.717, 1.165) is 50.9 Å². The van der Waals surface area contributed by atoms with Gasteiger partial charge in [0.05, 0.1) is 32.3 Å². The Kier molecular flexibility index (Phi) is 7.74. The maximum absolute atomic E-state index is 11.7. The molecule has 2 atom stereocenters. The molecular weight excluding hydrogens is 366 g/mol. The van der Waals surface area contributed by atoms with Crippen molar-refractivity contribution in [2.24, 2.45) is 0 Å². The van der Waals surface area contributed by atoms with Crippen LogP contribution in [-0.2, 0) is 9.53 Å². The molecule has 0 amide bonds. The molecule has 1 aromatic rings. The maximum Gasteiger partial charge on any atom is 0.362 e. The predicted molar refractivity (Wildman–Crippen MR) is 116 cm³/mol. The molecule has 164 valence electrons. The van der Waals surface area contributed by atoms with Gasteiger partial charge in [-0.25, -0.2) is 4.79 Å². The zero-order valence-corrected chi connectivity index (χ0v) is 19.2. The van der Waals surface area contributed by atoms with E-state index in [-0.39, 0.29) is 17.2 Å². The van der Waals surface area contributed by atoms with Gasteiger partial charge in [-0.2, -0.15) is 0 Å². The van der Waals surface area contributed by atoms with Gasteiger partial charge in [0, 0.05) is 19.3 Å². The summed E-state index contributed by atoms with van der Waals surface area (Å²) in [6, 6.07) is 7.83. The van der Waals surface area contributed by atoms with E-state index in [1.54, 1.807) is 0 Å². The molecule has 2 rings (SSSR count). The van der Waals surface area contributed by atoms with Crippen molar-refractivity contribution in [3.8, 4) is 5.75 Å². The van der Waals surface area contributed by atoms with Gasteiger partial charge in [-0.05, 0) is 59.6 Å². The number of nitrogens with zero attached hydrogens (tertiary/aromatic N) is 1. The van der Waals surface area contributed by atoms with Gasteiger partial charge in [-0.3, -0.25) is 0 Å². The molecule has 1 N–H and O–H groups in total. The van der Waals surface area contributed by atoms with Crippen molar-refractivity contribution in [1.82, 2.24) is 0 Å². The fourth-order valence-corrected chi connectivity index (χ4v) is 4.08. The van der Waals surface area contributed by atoms with Gasteiger partial charge in [0.2, 0.25) is 0 Å². The molecule has 1 heterocycles. The number of hydrogen-bond acceptors (Lipinski definition) is 3. The Morgan fingerprint density at radius 1 is 1.10 bits per heavy atom. The standard InChI is InChI=1S/C24H39NO4/c1-19-10-12-20(13-11-19)29-24(4,5)15-18-28-23(2,3)14-17-25(6)16-8-7-9-21(25)22(26)27/h10-13,21H,7-9,14-18H2,1-6H3/p+1. The monoisotopic (exact) mass is 406 g/mol. The summed E-state index contributed by atoms with van der Waals surface area (Å²) in [5, 5.41) is 9.61. The summed E-state index contributed by atoms with van der Waals surface area (Å²) >= 11 is 0. The third kappa shape index (κ3) is 7.31. The summed E-state index contributed by atoms with van der Waals surface area (Å²) < 4.78 is 13.0. The van der Waals surface area contributed by atoms with Gasteiger partial charge in [-0.15, -0.1) is 0 Å². The fourth-order valence-electron chi connectivity index (χ4n) is 4.08. The van der Waals surface area contributed by atoms with Crippen molar-refractivity contribution in [2.45, 2.75) is 84.0 Å². The Labute approximate surface area is 176 Å². The van der Waals surface area contributed by atoms with E-state index in [4.69, 9.17) is 9.47 Å². The number of quaternary nitrogens is 1. The molecule has 0 aromatic heterocycles. The number of benzene rings is 1. The van der Waals surface area contributed by atoms with Gasteiger partial charge in [0.25, 0.3) is 0 Å². The van der Waals surface area contributed by atoms with Crippen LogP contribution in [-0.4, -0.2) is 59.5 Å². The molecule has 5 heteroatoms. The zero-order chi connectivity index (χ0) is 21.7. The molecule has 1 aliphatic rings. The van der Waals surface area contributed by atoms with Crippen molar-refractivity contribution < 1.29 is 23.9 Å². The SMILES string of the molecule is Cc1ccc(OC(C)(C)CCOC(C)(C)CC[N+]2(C)CCCCC2C(=O)O)cc1. The van der Waals surface area contributed by atoms with Crippen molar-refractivity contribution in [3.05, 3.63) is 29.8 Å². The number of carboxylic acids is 1. The molecule has 0 saturated carbocycles. The molecule has 0 spiro atoms. The highest BCUT2D eigenvalue weighted by atomic mass is 16.5. The van der Waals surface area contributed by atoms with Crippen LogP contribution in [0.5, 0.6) is 5.75 Å². The summed E-state index contributed by atoms with van der Waals surface area (Å²) in [5.74, 6) is 0.211. The van der Waals surface area contributed by atoms with Gasteiger partial charge in [0.15, 0.2) is 6.04 Å². The normalized spacial score (nSPS) is 23.0. The lowest BCUT2D eigenvalue weighted by Gasteiger charge is -2.44. The molecular formula is C24H40NO4+. The first kappa shape index (κ1) is 23.7. The highest BCUT2D eigenvalue weighted by molar-refractivity contribution is 5.72. The molecule has 0 bridgehead atoms. The van der Waals surface area contributed by atoms with Crippen LogP contribution in [0.15, 0.2) is 24.3 Å². The molecule has 29 heavy (non-hydrogen) atoms. The van der Waals surface area contributed by atoms with Gasteiger partial charge in [0.1, 0.15) is 11.4 Å². The molecule has 0 aliphatic carbocycles. The highest BCUT2D eigenvalue weighted by Crippen LogP contribution is 2.28. The number of aliphatic carboxylic acids is 1. The van der Waals surface area contributed by atoms with E-state index in [0.29, 0.717) is 11.1 Å². The van der Waals surface area contributed by atoms with Gasteiger partial charge in [-0.1, -0.05) is 17.7 Å². The maximum atomic E-state index is 11.7. The molecule has 5 nitrogen and oxygen atoms in total. The largest absolute Gasteiger partial charge is 0.488 e. The second-order valence-corrected chi connectivity index (χ2v) is 10.1. The Morgan fingerprint density at radius 3 is 2.38 bits per heavy atom. The minimum Gasteiger partial charge on any atom is -0.488 e. The van der Waals surface area contributed by atoms with E-state index < -0.39 is 5.97 Å². The van der Waals surface area contributed by atoms with Crippen LogP contribution < -0.4 is 4.74 Å². The molecule has 1 aliphatic heterocycles. The Bertz CT molecular complexity index is 668. The lowest BCUT2D eigenvalue weighted by Crippen LogP contribution is -2.59. The summed E-state index contributed by atoms with van der Waals surface area (Å²) in [6.07, 6.45) is 4.52. The van der Waals surface area contributed by atoms with Crippen molar-refractivity contribution >= 4 is 5.97 Å². The Hall–Kier alpha value is -1.59. The number of rotatable bonds is 10. The topological polar surface area (TPSA) is 55.8 Å². The number of carbonyl (C=O) groups is 1. The van der Waals surface area contributed by atoms with Crippen LogP contribution in [0, 0.1) is 6.92 Å². The van der Waals surface area contributed by atoms with Crippen LogP contribution in [0.25, 0.3) is 0 Å². The first-order valence-electron chi connectivity index (χ1n) is 10.9. The quantitative estimate of drug-likeness (QED) is 0.567. The molecule has 1 aromatic carbocycles. The van der Waals surface area contributed by atoms with Crippen molar-refractivity contribution in [3.63, 3.8) is 0 Å². The zero-order valence-electron chi connectivity index (χ0n) is 19.2. The number of ether oxygens (including phenoxy) is 2. The van der Waals surface area contributed by atoms with Gasteiger partial charge < -0.3 is 19.1 Å². The number of piperidine rings is 1. The second kappa shape index (κ2) is 9.48. The lowest BCUT2D eigenvalue weighted by molar-refractivity contribution is -0.930. The molecule has 1 saturated heterocycles. The third-order valence-corrected chi connectivity index (χ3v) is 6.27. The number of likely N-dealkylation sites (tertiary alicyclic amines) is 1. The number of likely N-dealkylation sites (N-methyl/N-ethyl adjacent to an activating group) is 1. The van der Waals surface area contributed by atoms with E-state index in [1.807, 2.05) is 12.1 Å². The van der Waals surface area contributed by atoms with E-state index in [9.17, 15) is 9.90 Å². The van der Waals surface area contributed by atoms with Crippen LogP contribution in [0.2, 0.25) is 0 Å². The van der Waals surface area contributed by atoms with Crippen molar-refractivity contribution in [1.29, 1.82) is 0 Å². The molecule has 0 radical (unpaired) electrons. The summed E-state index contributed by atoms with van der Waals surface area (Å²) in [7, 11) is 2.09. The minimum absolute atomic E-state index is 0.290. The van der Waals surface area contributed by atoms with E-state index >= 15 is 0 Å². The van der Waals surface area contributed by atoms with Crippen LogP contribution in [0.1, 0.15) is 65.4 Å². The minimum atomic E-state index is -0.666. The Morgan fingerprint density at radius 2 is 1.76 bits per heavy atom. The van der Waals surface area contributed by atoms with Crippen LogP contribution in [0.3, 0.4) is 0 Å². The fraction of sp³-hybridized carbons (Fsp3) is 0.708. The van der Waals surface area contributed by atoms with Gasteiger partial charge >= 0.3 is 5.97 Å². The highest BCUT2D eigenvalue weighted by Gasteiger charge is 2.41. The number of aryl methyl sites for hydroxylation is 1. The smallest absolute Gasteiger partial charge is 0.362 e. The van der Waals surface area contributed by atoms with Crippen LogP contribution >= 0.6 is 0 Å². The lowest BCUT2D eigenvalue weighted by atomic mass is 9.96. The van der Waals surface area contributed by atoms with Crippen molar-refractivity contribution in [2.75, 3.05) is 26.7 Å². The summed E-state index contributed by atoms with van der Waals surface area (Å²) in [4.78, 5) is 11.7. The second-order valence-electron chi connectivity index (χ2n) is 10.1. The number of hydrogen-bond donors (Lipinski definition) is 1. The average Bonchev–Trinajstić information content (AvgIpc) is 2.62. The summed E-state index contributed by atoms with van der Waals surface area (Å²) in [5.41, 5.74) is 0.614. The van der Waals surface area contributed by atoms with E-state index in [1.165, 1.54) is 5.56 Å². The Balaban J connectivity index is 1.82. The first-order chi connectivity index (χ1) is 13.4. The third-order valence-electron chi connectivity index (χ3n) is 6.27. The van der Waals surface area contributed by atoms with Crippen LogP contribution in [0.4, 0.5) is 0 Å². The van der Waals surface area contributed by atoms with E-state index in [2.05, 4.69) is 53.8 Å². The molecule has 1 fully saturated rings. The number of carboxylic acid groups (broad SMARTS) is 1. The molecule has 2 unspecified atom stereocenters.